The molecule has 1 heterocycles. The molecular weight excluding hydrogens is 290 g/mol. The van der Waals surface area contributed by atoms with Gasteiger partial charge in [-0.1, -0.05) is 42.7 Å². The lowest BCUT2D eigenvalue weighted by molar-refractivity contribution is 0.240. The molecule has 21 heavy (non-hydrogen) atoms. The van der Waals surface area contributed by atoms with Gasteiger partial charge < -0.3 is 15.0 Å². The summed E-state index contributed by atoms with van der Waals surface area (Å²) in [4.78, 5) is 4.21. The fourth-order valence-electron chi connectivity index (χ4n) is 1.93. The number of halogens is 1. The van der Waals surface area contributed by atoms with Crippen molar-refractivity contribution in [3.8, 4) is 5.75 Å². The Bertz CT molecular complexity index is 586. The van der Waals surface area contributed by atoms with E-state index in [0.717, 1.165) is 24.8 Å². The molecular formula is C15H20ClN3O2. The van der Waals surface area contributed by atoms with Crippen LogP contribution in [0.5, 0.6) is 5.75 Å². The van der Waals surface area contributed by atoms with Crippen LogP contribution in [0.15, 0.2) is 22.7 Å². The molecule has 0 bridgehead atoms. The third kappa shape index (κ3) is 4.19. The Hall–Kier alpha value is -1.59. The Morgan fingerprint density at radius 1 is 1.38 bits per heavy atom. The molecule has 0 saturated carbocycles. The van der Waals surface area contributed by atoms with Crippen LogP contribution in [0.4, 0.5) is 0 Å². The quantitative estimate of drug-likeness (QED) is 0.850. The monoisotopic (exact) mass is 309 g/mol. The van der Waals surface area contributed by atoms with Gasteiger partial charge in [0.1, 0.15) is 5.75 Å². The number of para-hydroxylation sites is 1. The number of nitrogens with two attached hydrogens (primary N) is 1. The highest BCUT2D eigenvalue weighted by Gasteiger charge is 2.13. The summed E-state index contributed by atoms with van der Waals surface area (Å²) in [6.45, 7) is 4.22. The summed E-state index contributed by atoms with van der Waals surface area (Å²) < 4.78 is 10.9. The summed E-state index contributed by atoms with van der Waals surface area (Å²) >= 11 is 6.22. The minimum Gasteiger partial charge on any atom is -0.482 e. The third-order valence-corrected chi connectivity index (χ3v) is 3.52. The molecule has 2 N–H and O–H groups in total. The summed E-state index contributed by atoms with van der Waals surface area (Å²) in [7, 11) is 0. The second-order valence-electron chi connectivity index (χ2n) is 4.85. The number of aryl methyl sites for hydroxylation is 1. The summed E-state index contributed by atoms with van der Waals surface area (Å²) in [5.41, 5.74) is 7.01. The van der Waals surface area contributed by atoms with Gasteiger partial charge in [-0.2, -0.15) is 4.98 Å². The van der Waals surface area contributed by atoms with Gasteiger partial charge in [0.25, 0.3) is 5.89 Å². The zero-order chi connectivity index (χ0) is 15.2. The van der Waals surface area contributed by atoms with Crippen LogP contribution in [0.1, 0.15) is 37.5 Å². The average molecular weight is 310 g/mol. The standard InChI is InChI=1S/C15H20ClN3O2/c1-3-11(17)8-10-6-5-7-12(16)15(10)20-9-14-18-13(4-2)19-21-14/h5-7,11H,3-4,8-9,17H2,1-2H3. The topological polar surface area (TPSA) is 74.2 Å². The van der Waals surface area contributed by atoms with Crippen molar-refractivity contribution < 1.29 is 9.26 Å². The van der Waals surface area contributed by atoms with Crippen LogP contribution in [0.2, 0.25) is 5.02 Å². The van der Waals surface area contributed by atoms with E-state index in [9.17, 15) is 0 Å². The maximum atomic E-state index is 6.22. The van der Waals surface area contributed by atoms with Crippen LogP contribution in [0.3, 0.4) is 0 Å². The predicted molar refractivity (Wildman–Crippen MR) is 81.4 cm³/mol. The number of aromatic nitrogens is 2. The van der Waals surface area contributed by atoms with Crippen LogP contribution in [0.25, 0.3) is 0 Å². The first-order chi connectivity index (χ1) is 10.1. The molecule has 1 aromatic carbocycles. The Morgan fingerprint density at radius 2 is 2.19 bits per heavy atom. The summed E-state index contributed by atoms with van der Waals surface area (Å²) in [6, 6.07) is 5.75. The fourth-order valence-corrected chi connectivity index (χ4v) is 2.18. The van der Waals surface area contributed by atoms with Crippen LogP contribution in [-0.4, -0.2) is 16.2 Å². The highest BCUT2D eigenvalue weighted by atomic mass is 35.5. The van der Waals surface area contributed by atoms with Gasteiger partial charge in [0.15, 0.2) is 12.4 Å². The molecule has 5 nitrogen and oxygen atoms in total. The van der Waals surface area contributed by atoms with E-state index >= 15 is 0 Å². The number of hydrogen-bond acceptors (Lipinski definition) is 5. The first-order valence-corrected chi connectivity index (χ1v) is 7.49. The molecule has 114 valence electrons. The van der Waals surface area contributed by atoms with Crippen LogP contribution >= 0.6 is 11.6 Å². The minimum atomic E-state index is 0.0842. The van der Waals surface area contributed by atoms with E-state index in [-0.39, 0.29) is 12.6 Å². The van der Waals surface area contributed by atoms with E-state index < -0.39 is 0 Å². The van der Waals surface area contributed by atoms with E-state index in [2.05, 4.69) is 17.1 Å². The lowest BCUT2D eigenvalue weighted by atomic mass is 10.0. The number of rotatable bonds is 7. The molecule has 1 aromatic heterocycles. The normalized spacial score (nSPS) is 12.4. The number of nitrogens with zero attached hydrogens (tertiary/aromatic N) is 2. The van der Waals surface area contributed by atoms with Crippen molar-refractivity contribution in [2.75, 3.05) is 0 Å². The Balaban J connectivity index is 2.10. The maximum Gasteiger partial charge on any atom is 0.264 e. The van der Waals surface area contributed by atoms with Crippen molar-refractivity contribution in [3.63, 3.8) is 0 Å². The zero-order valence-corrected chi connectivity index (χ0v) is 13.1. The van der Waals surface area contributed by atoms with Crippen molar-refractivity contribution in [2.24, 2.45) is 5.73 Å². The first-order valence-electron chi connectivity index (χ1n) is 7.11. The molecule has 0 amide bonds. The molecule has 0 spiro atoms. The Morgan fingerprint density at radius 3 is 2.86 bits per heavy atom. The first kappa shape index (κ1) is 15.8. The molecule has 0 radical (unpaired) electrons. The minimum absolute atomic E-state index is 0.0842. The molecule has 0 aliphatic heterocycles. The molecule has 0 aliphatic rings. The Labute approximate surface area is 129 Å². The number of hydrogen-bond donors (Lipinski definition) is 1. The van der Waals surface area contributed by atoms with Crippen LogP contribution in [0, 0.1) is 0 Å². The lowest BCUT2D eigenvalue weighted by Gasteiger charge is -2.14. The second kappa shape index (κ2) is 7.43. The second-order valence-corrected chi connectivity index (χ2v) is 5.25. The number of ether oxygens (including phenoxy) is 1. The molecule has 1 atom stereocenters. The largest absolute Gasteiger partial charge is 0.482 e. The van der Waals surface area contributed by atoms with Crippen molar-refractivity contribution >= 4 is 11.6 Å². The van der Waals surface area contributed by atoms with Gasteiger partial charge in [-0.05, 0) is 24.5 Å². The highest BCUT2D eigenvalue weighted by Crippen LogP contribution is 2.30. The summed E-state index contributed by atoms with van der Waals surface area (Å²) in [5, 5.41) is 4.40. The van der Waals surface area contributed by atoms with Crippen LogP contribution < -0.4 is 10.5 Å². The highest BCUT2D eigenvalue weighted by molar-refractivity contribution is 6.32. The summed E-state index contributed by atoms with van der Waals surface area (Å²) in [6.07, 6.45) is 2.35. The van der Waals surface area contributed by atoms with Gasteiger partial charge in [-0.3, -0.25) is 0 Å². The molecule has 0 saturated heterocycles. The lowest BCUT2D eigenvalue weighted by Crippen LogP contribution is -2.21. The van der Waals surface area contributed by atoms with Crippen molar-refractivity contribution in [3.05, 3.63) is 40.5 Å². The van der Waals surface area contributed by atoms with Crippen molar-refractivity contribution in [1.82, 2.24) is 10.1 Å². The zero-order valence-electron chi connectivity index (χ0n) is 12.3. The van der Waals surface area contributed by atoms with Gasteiger partial charge in [0.05, 0.1) is 5.02 Å². The van der Waals surface area contributed by atoms with Gasteiger partial charge in [0, 0.05) is 12.5 Å². The van der Waals surface area contributed by atoms with Gasteiger partial charge in [-0.25, -0.2) is 0 Å². The number of benzene rings is 1. The van der Waals surface area contributed by atoms with Crippen molar-refractivity contribution in [1.29, 1.82) is 0 Å². The molecule has 2 rings (SSSR count). The maximum absolute atomic E-state index is 6.22. The fraction of sp³-hybridized carbons (Fsp3) is 0.467. The Kier molecular flexibility index (Phi) is 5.59. The SMILES string of the molecule is CCc1noc(COc2c(Cl)cccc2CC(N)CC)n1. The van der Waals surface area contributed by atoms with Gasteiger partial charge in [0.2, 0.25) is 0 Å². The van der Waals surface area contributed by atoms with Crippen molar-refractivity contribution in [2.45, 2.75) is 45.8 Å². The molecule has 2 aromatic rings. The average Bonchev–Trinajstić information content (AvgIpc) is 2.94. The van der Waals surface area contributed by atoms with Crippen LogP contribution in [-0.2, 0) is 19.4 Å². The van der Waals surface area contributed by atoms with E-state index in [1.165, 1.54) is 0 Å². The van der Waals surface area contributed by atoms with E-state index in [1.807, 2.05) is 19.1 Å². The van der Waals surface area contributed by atoms with E-state index in [0.29, 0.717) is 22.5 Å². The third-order valence-electron chi connectivity index (χ3n) is 3.22. The molecule has 6 heteroatoms. The van der Waals surface area contributed by atoms with E-state index in [1.54, 1.807) is 6.07 Å². The predicted octanol–water partition coefficient (Wildman–Crippen LogP) is 3.14. The van der Waals surface area contributed by atoms with Gasteiger partial charge >= 0.3 is 0 Å². The smallest absolute Gasteiger partial charge is 0.264 e. The van der Waals surface area contributed by atoms with E-state index in [4.69, 9.17) is 26.6 Å². The van der Waals surface area contributed by atoms with Gasteiger partial charge in [-0.15, -0.1) is 0 Å². The molecule has 0 aliphatic carbocycles. The molecule has 1 unspecified atom stereocenters. The summed E-state index contributed by atoms with van der Waals surface area (Å²) in [5.74, 6) is 1.75. The molecule has 0 fully saturated rings.